The van der Waals surface area contributed by atoms with Crippen molar-refractivity contribution >= 4 is 45.9 Å². The van der Waals surface area contributed by atoms with E-state index in [1.165, 1.54) is 16.2 Å². The molecule has 1 fully saturated rings. The number of hydrogen-bond donors (Lipinski definition) is 0. The molecule has 1 amide bonds. The monoisotopic (exact) mass is 465 g/mol. The van der Waals surface area contributed by atoms with Crippen molar-refractivity contribution in [3.05, 3.63) is 74.0 Å². The molecule has 164 valence electrons. The average molecular weight is 466 g/mol. The van der Waals surface area contributed by atoms with Gasteiger partial charge in [0, 0.05) is 12.7 Å². The molecule has 8 heteroatoms. The van der Waals surface area contributed by atoms with Gasteiger partial charge in [-0.1, -0.05) is 43.0 Å². The molecule has 1 aromatic carbocycles. The van der Waals surface area contributed by atoms with Crippen LogP contribution in [0.25, 0.3) is 11.7 Å². The minimum absolute atomic E-state index is 0.162. The molecule has 0 bridgehead atoms. The van der Waals surface area contributed by atoms with Gasteiger partial charge in [-0.25, -0.2) is 0 Å². The first kappa shape index (κ1) is 22.2. The predicted octanol–water partition coefficient (Wildman–Crippen LogP) is 5.02. The van der Waals surface area contributed by atoms with Crippen LogP contribution in [0.5, 0.6) is 11.6 Å². The van der Waals surface area contributed by atoms with Crippen molar-refractivity contribution in [3.8, 4) is 11.6 Å². The Labute approximate surface area is 195 Å². The van der Waals surface area contributed by atoms with Crippen LogP contribution >= 0.6 is 24.0 Å². The molecule has 0 unspecified atom stereocenters. The summed E-state index contributed by atoms with van der Waals surface area (Å²) in [4.78, 5) is 32.9. The summed E-state index contributed by atoms with van der Waals surface area (Å²) in [5.74, 6) is 0.545. The highest BCUT2D eigenvalue weighted by Crippen LogP contribution is 2.34. The van der Waals surface area contributed by atoms with Crippen LogP contribution in [0.4, 0.5) is 0 Å². The third-order valence-corrected chi connectivity index (χ3v) is 6.43. The number of aryl methyl sites for hydroxylation is 3. The van der Waals surface area contributed by atoms with E-state index in [1.54, 1.807) is 23.2 Å². The number of benzene rings is 1. The highest BCUT2D eigenvalue weighted by atomic mass is 32.2. The minimum Gasteiger partial charge on any atom is -0.438 e. The van der Waals surface area contributed by atoms with Crippen LogP contribution in [-0.4, -0.2) is 31.1 Å². The van der Waals surface area contributed by atoms with Crippen LogP contribution < -0.4 is 10.3 Å². The molecule has 3 aromatic rings. The van der Waals surface area contributed by atoms with Crippen LogP contribution in [0.1, 0.15) is 35.6 Å². The zero-order valence-corrected chi connectivity index (χ0v) is 20.0. The van der Waals surface area contributed by atoms with E-state index in [1.807, 2.05) is 52.0 Å². The van der Waals surface area contributed by atoms with E-state index in [2.05, 4.69) is 4.98 Å². The number of pyridine rings is 1. The van der Waals surface area contributed by atoms with Gasteiger partial charge in [0.05, 0.1) is 4.91 Å². The normalized spacial score (nSPS) is 15.2. The summed E-state index contributed by atoms with van der Waals surface area (Å²) in [6.45, 7) is 8.37. The topological polar surface area (TPSA) is 63.9 Å². The Hall–Kier alpha value is -2.97. The van der Waals surface area contributed by atoms with Crippen molar-refractivity contribution in [1.82, 2.24) is 14.3 Å². The molecule has 32 heavy (non-hydrogen) atoms. The number of aromatic nitrogens is 2. The number of thiocarbonyl (C=S) groups is 1. The molecular weight excluding hydrogens is 442 g/mol. The summed E-state index contributed by atoms with van der Waals surface area (Å²) in [5, 5.41) is 0. The second-order valence-corrected chi connectivity index (χ2v) is 9.46. The van der Waals surface area contributed by atoms with Gasteiger partial charge < -0.3 is 4.74 Å². The molecule has 1 aliphatic rings. The molecule has 0 N–H and O–H groups in total. The number of rotatable bonds is 5. The van der Waals surface area contributed by atoms with Crippen LogP contribution in [0.2, 0.25) is 0 Å². The second kappa shape index (κ2) is 8.88. The number of ether oxygens (including phenoxy) is 1. The first-order valence-electron chi connectivity index (χ1n) is 10.3. The van der Waals surface area contributed by atoms with Gasteiger partial charge in [0.2, 0.25) is 5.88 Å². The summed E-state index contributed by atoms with van der Waals surface area (Å²) in [5.41, 5.74) is 3.33. The van der Waals surface area contributed by atoms with Crippen molar-refractivity contribution < 1.29 is 9.53 Å². The van der Waals surface area contributed by atoms with Crippen molar-refractivity contribution in [2.75, 3.05) is 6.54 Å². The van der Waals surface area contributed by atoms with E-state index in [4.69, 9.17) is 17.0 Å². The molecule has 0 saturated carbocycles. The molecule has 0 atom stereocenters. The lowest BCUT2D eigenvalue weighted by Gasteiger charge is -2.13. The molecule has 0 spiro atoms. The molecule has 0 radical (unpaired) electrons. The lowest BCUT2D eigenvalue weighted by atomic mass is 10.1. The SMILES string of the molecule is CCCN1C(=O)/C(=C\c2c(Oc3cc(C)cc(C)c3)nc3c(C)cccn3c2=O)SC1=S. The highest BCUT2D eigenvalue weighted by Gasteiger charge is 2.32. The van der Waals surface area contributed by atoms with Gasteiger partial charge in [-0.05, 0) is 68.2 Å². The third-order valence-electron chi connectivity index (χ3n) is 5.06. The van der Waals surface area contributed by atoms with E-state index < -0.39 is 0 Å². The summed E-state index contributed by atoms with van der Waals surface area (Å²) >= 11 is 6.56. The Morgan fingerprint density at radius 1 is 1.16 bits per heavy atom. The summed E-state index contributed by atoms with van der Waals surface area (Å²) in [7, 11) is 0. The van der Waals surface area contributed by atoms with E-state index in [0.717, 1.165) is 23.1 Å². The lowest BCUT2D eigenvalue weighted by Crippen LogP contribution is -2.28. The zero-order chi connectivity index (χ0) is 23.0. The second-order valence-electron chi connectivity index (χ2n) is 7.78. The Kier molecular flexibility index (Phi) is 6.17. The average Bonchev–Trinajstić information content (AvgIpc) is 2.98. The molecule has 2 aromatic heterocycles. The van der Waals surface area contributed by atoms with Gasteiger partial charge in [-0.3, -0.25) is 18.9 Å². The Morgan fingerprint density at radius 2 is 1.88 bits per heavy atom. The molecule has 1 aliphatic heterocycles. The zero-order valence-electron chi connectivity index (χ0n) is 18.3. The number of amides is 1. The first-order chi connectivity index (χ1) is 15.3. The van der Waals surface area contributed by atoms with Crippen LogP contribution in [0.15, 0.2) is 46.2 Å². The largest absolute Gasteiger partial charge is 0.438 e. The van der Waals surface area contributed by atoms with Gasteiger partial charge in [0.25, 0.3) is 11.5 Å². The van der Waals surface area contributed by atoms with Crippen LogP contribution in [-0.2, 0) is 4.79 Å². The number of nitrogens with zero attached hydrogens (tertiary/aromatic N) is 3. The van der Waals surface area contributed by atoms with E-state index in [-0.39, 0.29) is 22.9 Å². The van der Waals surface area contributed by atoms with Gasteiger partial charge in [0.15, 0.2) is 0 Å². The Bertz CT molecular complexity index is 1320. The molecule has 0 aliphatic carbocycles. The smallest absolute Gasteiger partial charge is 0.269 e. The molecular formula is C24H23N3O3S2. The third kappa shape index (κ3) is 4.20. The number of fused-ring (bicyclic) bond motifs is 1. The Balaban J connectivity index is 1.90. The summed E-state index contributed by atoms with van der Waals surface area (Å²) in [6.07, 6.45) is 4.01. The maximum absolute atomic E-state index is 13.4. The molecule has 3 heterocycles. The van der Waals surface area contributed by atoms with E-state index in [0.29, 0.717) is 27.2 Å². The van der Waals surface area contributed by atoms with Crippen LogP contribution in [0, 0.1) is 20.8 Å². The molecule has 4 rings (SSSR count). The number of thioether (sulfide) groups is 1. The maximum Gasteiger partial charge on any atom is 0.269 e. The summed E-state index contributed by atoms with van der Waals surface area (Å²) in [6, 6.07) is 9.50. The lowest BCUT2D eigenvalue weighted by molar-refractivity contribution is -0.122. The fraction of sp³-hybridized carbons (Fsp3) is 0.250. The predicted molar refractivity (Wildman–Crippen MR) is 132 cm³/mol. The fourth-order valence-electron chi connectivity index (χ4n) is 3.64. The molecule has 6 nitrogen and oxygen atoms in total. The number of hydrogen-bond acceptors (Lipinski definition) is 6. The van der Waals surface area contributed by atoms with Crippen molar-refractivity contribution in [2.24, 2.45) is 0 Å². The standard InChI is InChI=1S/C24H23N3O3S2/c1-5-8-27-23(29)19(32-24(27)31)13-18-21(30-17-11-14(2)10-15(3)12-17)25-20-16(4)7-6-9-26(20)22(18)28/h6-7,9-13H,5,8H2,1-4H3/b19-13+. The maximum atomic E-state index is 13.4. The highest BCUT2D eigenvalue weighted by molar-refractivity contribution is 8.26. The van der Waals surface area contributed by atoms with E-state index in [9.17, 15) is 9.59 Å². The number of carbonyl (C=O) groups excluding carboxylic acids is 1. The van der Waals surface area contributed by atoms with Crippen molar-refractivity contribution in [2.45, 2.75) is 34.1 Å². The minimum atomic E-state index is -0.307. The fourth-order valence-corrected chi connectivity index (χ4v) is 4.93. The Morgan fingerprint density at radius 3 is 2.56 bits per heavy atom. The van der Waals surface area contributed by atoms with Gasteiger partial charge >= 0.3 is 0 Å². The number of carbonyl (C=O) groups is 1. The van der Waals surface area contributed by atoms with Crippen molar-refractivity contribution in [1.29, 1.82) is 0 Å². The van der Waals surface area contributed by atoms with Gasteiger partial charge in [0.1, 0.15) is 21.3 Å². The molecule has 1 saturated heterocycles. The first-order valence-corrected chi connectivity index (χ1v) is 11.5. The summed E-state index contributed by atoms with van der Waals surface area (Å²) < 4.78 is 8.09. The van der Waals surface area contributed by atoms with Gasteiger partial charge in [-0.15, -0.1) is 0 Å². The quantitative estimate of drug-likeness (QED) is 0.389. The van der Waals surface area contributed by atoms with Gasteiger partial charge in [-0.2, -0.15) is 4.98 Å². The van der Waals surface area contributed by atoms with Crippen molar-refractivity contribution in [3.63, 3.8) is 0 Å². The van der Waals surface area contributed by atoms with Crippen LogP contribution in [0.3, 0.4) is 0 Å². The van der Waals surface area contributed by atoms with E-state index >= 15 is 0 Å².